The van der Waals surface area contributed by atoms with Crippen molar-refractivity contribution in [3.05, 3.63) is 59.7 Å². The van der Waals surface area contributed by atoms with Crippen LogP contribution in [0, 0.1) is 6.92 Å². The minimum Gasteiger partial charge on any atom is -0.497 e. The Morgan fingerprint density at radius 3 is 2.28 bits per heavy atom. The molecule has 0 fully saturated rings. The normalized spacial score (nSPS) is 10.6. The molecule has 0 amide bonds. The molecule has 0 aliphatic carbocycles. The summed E-state index contributed by atoms with van der Waals surface area (Å²) in [7, 11) is 1.65. The Morgan fingerprint density at radius 1 is 1.00 bits per heavy atom. The molecular formula is C15H16N2O. The lowest BCUT2D eigenvalue weighted by Crippen LogP contribution is -1.90. The SMILES string of the molecule is COc1ccc(/C=N\Nc2ccc(C)cc2)cc1. The lowest BCUT2D eigenvalue weighted by molar-refractivity contribution is 0.415. The van der Waals surface area contributed by atoms with Crippen LogP contribution in [0.1, 0.15) is 11.1 Å². The first kappa shape index (κ1) is 12.2. The van der Waals surface area contributed by atoms with Gasteiger partial charge in [0.1, 0.15) is 5.75 Å². The van der Waals surface area contributed by atoms with Gasteiger partial charge in [0.15, 0.2) is 0 Å². The molecule has 0 atom stereocenters. The van der Waals surface area contributed by atoms with Gasteiger partial charge in [-0.25, -0.2) is 0 Å². The van der Waals surface area contributed by atoms with Crippen molar-refractivity contribution in [1.29, 1.82) is 0 Å². The monoisotopic (exact) mass is 240 g/mol. The second-order valence-electron chi connectivity index (χ2n) is 4.01. The van der Waals surface area contributed by atoms with E-state index < -0.39 is 0 Å². The number of hydrogen-bond donors (Lipinski definition) is 1. The minimum absolute atomic E-state index is 0.846. The highest BCUT2D eigenvalue weighted by atomic mass is 16.5. The summed E-state index contributed by atoms with van der Waals surface area (Å²) < 4.78 is 5.09. The lowest BCUT2D eigenvalue weighted by atomic mass is 10.2. The van der Waals surface area contributed by atoms with Gasteiger partial charge in [0.05, 0.1) is 19.0 Å². The van der Waals surface area contributed by atoms with Gasteiger partial charge >= 0.3 is 0 Å². The van der Waals surface area contributed by atoms with Crippen LogP contribution >= 0.6 is 0 Å². The number of benzene rings is 2. The molecule has 0 saturated heterocycles. The van der Waals surface area contributed by atoms with Crippen molar-refractivity contribution in [3.8, 4) is 5.75 Å². The molecule has 0 saturated carbocycles. The van der Waals surface area contributed by atoms with E-state index in [1.807, 2.05) is 48.5 Å². The Hall–Kier alpha value is -2.29. The predicted octanol–water partition coefficient (Wildman–Crippen LogP) is 3.45. The first-order valence-electron chi connectivity index (χ1n) is 5.78. The van der Waals surface area contributed by atoms with Crippen LogP contribution < -0.4 is 10.2 Å². The van der Waals surface area contributed by atoms with Crippen LogP contribution in [-0.2, 0) is 0 Å². The zero-order chi connectivity index (χ0) is 12.8. The fourth-order valence-corrected chi connectivity index (χ4v) is 1.50. The Morgan fingerprint density at radius 2 is 1.67 bits per heavy atom. The molecule has 2 rings (SSSR count). The fourth-order valence-electron chi connectivity index (χ4n) is 1.50. The lowest BCUT2D eigenvalue weighted by Gasteiger charge is -2.01. The van der Waals surface area contributed by atoms with Crippen LogP contribution in [0.5, 0.6) is 5.75 Å². The van der Waals surface area contributed by atoms with E-state index in [1.54, 1.807) is 13.3 Å². The van der Waals surface area contributed by atoms with Crippen molar-refractivity contribution in [2.75, 3.05) is 12.5 Å². The summed E-state index contributed by atoms with van der Waals surface area (Å²) in [6, 6.07) is 15.8. The van der Waals surface area contributed by atoms with Crippen molar-refractivity contribution < 1.29 is 4.74 Å². The third kappa shape index (κ3) is 3.35. The van der Waals surface area contributed by atoms with Crippen LogP contribution in [0.25, 0.3) is 0 Å². The van der Waals surface area contributed by atoms with Crippen LogP contribution in [0.4, 0.5) is 5.69 Å². The highest BCUT2D eigenvalue weighted by Gasteiger charge is 1.91. The summed E-state index contributed by atoms with van der Waals surface area (Å²) in [5.41, 5.74) is 6.22. The standard InChI is InChI=1S/C15H16N2O/c1-12-3-7-14(8-4-12)17-16-11-13-5-9-15(18-2)10-6-13/h3-11,17H,1-2H3/b16-11-. The molecule has 0 aliphatic heterocycles. The molecule has 0 unspecified atom stereocenters. The van der Waals surface area contributed by atoms with Crippen LogP contribution in [0.3, 0.4) is 0 Å². The van der Waals surface area contributed by atoms with Gasteiger partial charge in [0, 0.05) is 0 Å². The summed E-state index contributed by atoms with van der Waals surface area (Å²) in [5.74, 6) is 0.846. The third-order valence-electron chi connectivity index (χ3n) is 2.57. The predicted molar refractivity (Wildman–Crippen MR) is 75.4 cm³/mol. The van der Waals surface area contributed by atoms with Gasteiger partial charge < -0.3 is 4.74 Å². The van der Waals surface area contributed by atoms with Gasteiger partial charge in [-0.3, -0.25) is 5.43 Å². The number of hydrogen-bond acceptors (Lipinski definition) is 3. The van der Waals surface area contributed by atoms with Crippen molar-refractivity contribution >= 4 is 11.9 Å². The summed E-state index contributed by atoms with van der Waals surface area (Å²) in [5, 5.41) is 4.18. The molecular weight excluding hydrogens is 224 g/mol. The topological polar surface area (TPSA) is 33.6 Å². The molecule has 0 aromatic heterocycles. The van der Waals surface area contributed by atoms with E-state index in [-0.39, 0.29) is 0 Å². The molecule has 0 bridgehead atoms. The first-order valence-corrected chi connectivity index (χ1v) is 5.78. The summed E-state index contributed by atoms with van der Waals surface area (Å²) in [6.45, 7) is 2.06. The Bertz CT molecular complexity index is 515. The second-order valence-corrected chi connectivity index (χ2v) is 4.01. The van der Waals surface area contributed by atoms with Crippen molar-refractivity contribution in [2.45, 2.75) is 6.92 Å². The number of aryl methyl sites for hydroxylation is 1. The molecule has 1 N–H and O–H groups in total. The number of hydrazone groups is 1. The average Bonchev–Trinajstić information content (AvgIpc) is 2.42. The Balaban J connectivity index is 1.96. The Labute approximate surface area is 107 Å². The van der Waals surface area contributed by atoms with Gasteiger partial charge in [-0.2, -0.15) is 5.10 Å². The molecule has 0 radical (unpaired) electrons. The number of methoxy groups -OCH3 is 1. The first-order chi connectivity index (χ1) is 8.78. The van der Waals surface area contributed by atoms with Gasteiger partial charge in [-0.1, -0.05) is 17.7 Å². The summed E-state index contributed by atoms with van der Waals surface area (Å²) in [4.78, 5) is 0. The van der Waals surface area contributed by atoms with Gasteiger partial charge in [-0.15, -0.1) is 0 Å². The smallest absolute Gasteiger partial charge is 0.118 e. The third-order valence-corrected chi connectivity index (χ3v) is 2.57. The molecule has 0 heterocycles. The molecule has 2 aromatic carbocycles. The van der Waals surface area contributed by atoms with Crippen LogP contribution in [-0.4, -0.2) is 13.3 Å². The van der Waals surface area contributed by atoms with Crippen molar-refractivity contribution in [2.24, 2.45) is 5.10 Å². The highest BCUT2D eigenvalue weighted by molar-refractivity contribution is 5.80. The second kappa shape index (κ2) is 5.87. The maximum Gasteiger partial charge on any atom is 0.118 e. The average molecular weight is 240 g/mol. The van der Waals surface area contributed by atoms with E-state index in [4.69, 9.17) is 4.74 Å². The minimum atomic E-state index is 0.846. The molecule has 18 heavy (non-hydrogen) atoms. The summed E-state index contributed by atoms with van der Waals surface area (Å²) in [6.07, 6.45) is 1.78. The number of anilines is 1. The van der Waals surface area contributed by atoms with E-state index in [0.717, 1.165) is 17.0 Å². The molecule has 0 aliphatic rings. The number of rotatable bonds is 4. The van der Waals surface area contributed by atoms with Crippen LogP contribution in [0.2, 0.25) is 0 Å². The quantitative estimate of drug-likeness (QED) is 0.656. The van der Waals surface area contributed by atoms with Crippen molar-refractivity contribution in [3.63, 3.8) is 0 Å². The van der Waals surface area contributed by atoms with Crippen molar-refractivity contribution in [1.82, 2.24) is 0 Å². The van der Waals surface area contributed by atoms with E-state index in [2.05, 4.69) is 17.5 Å². The largest absolute Gasteiger partial charge is 0.497 e. The number of nitrogens with zero attached hydrogens (tertiary/aromatic N) is 1. The zero-order valence-electron chi connectivity index (χ0n) is 10.6. The summed E-state index contributed by atoms with van der Waals surface area (Å²) >= 11 is 0. The number of nitrogens with one attached hydrogen (secondary N) is 1. The maximum absolute atomic E-state index is 5.09. The Kier molecular flexibility index (Phi) is 3.97. The van der Waals surface area contributed by atoms with Gasteiger partial charge in [0.2, 0.25) is 0 Å². The van der Waals surface area contributed by atoms with Gasteiger partial charge in [0.25, 0.3) is 0 Å². The number of ether oxygens (including phenoxy) is 1. The molecule has 3 nitrogen and oxygen atoms in total. The molecule has 2 aromatic rings. The fraction of sp³-hybridized carbons (Fsp3) is 0.133. The maximum atomic E-state index is 5.09. The van der Waals surface area contributed by atoms with E-state index in [1.165, 1.54) is 5.56 Å². The molecule has 92 valence electrons. The van der Waals surface area contributed by atoms with Crippen LogP contribution in [0.15, 0.2) is 53.6 Å². The zero-order valence-corrected chi connectivity index (χ0v) is 10.6. The highest BCUT2D eigenvalue weighted by Crippen LogP contribution is 2.10. The van der Waals surface area contributed by atoms with E-state index >= 15 is 0 Å². The van der Waals surface area contributed by atoms with E-state index in [9.17, 15) is 0 Å². The molecule has 3 heteroatoms. The van der Waals surface area contributed by atoms with Gasteiger partial charge in [-0.05, 0) is 48.9 Å². The van der Waals surface area contributed by atoms with E-state index in [0.29, 0.717) is 0 Å². The molecule has 0 spiro atoms.